The minimum absolute atomic E-state index is 0.0681. The molecule has 2 radical (unpaired) electrons. The van der Waals surface area contributed by atoms with Crippen LogP contribution in [0.15, 0.2) is 0 Å². The molecule has 0 rings (SSSR count). The molecule has 0 N–H and O–H groups in total. The molecule has 0 fully saturated rings. The summed E-state index contributed by atoms with van der Waals surface area (Å²) in [6.45, 7) is 5.56. The Labute approximate surface area is 93.7 Å². The number of carbonyl (C=O) groups is 1. The summed E-state index contributed by atoms with van der Waals surface area (Å²) in [6, 6.07) is 0. The fourth-order valence-corrected chi connectivity index (χ4v) is 5.72. The number of carbonyl (C=O) groups excluding carboxylic acids is 1. The Bertz CT molecular complexity index is 95.1. The van der Waals surface area contributed by atoms with Gasteiger partial charge in [0.25, 0.3) is 0 Å². The van der Waals surface area contributed by atoms with Gasteiger partial charge in [-0.2, -0.15) is 0 Å². The minimum atomic E-state index is -1.08. The molecule has 0 bridgehead atoms. The van der Waals surface area contributed by atoms with E-state index in [4.69, 9.17) is 9.90 Å². The molecular weight excluding hydrogens is 361 g/mol. The zero-order chi connectivity index (χ0) is 10.5. The Kier molecular flexibility index (Phi) is 18.1. The first kappa shape index (κ1) is 15.8. The van der Waals surface area contributed by atoms with Crippen LogP contribution in [0.1, 0.15) is 46.5 Å². The fourth-order valence-electron chi connectivity index (χ4n) is 0.652. The average molecular weight is 382 g/mol. The molecule has 0 aromatic carbocycles. The van der Waals surface area contributed by atoms with Crippen molar-refractivity contribution in [2.24, 2.45) is 0 Å². The van der Waals surface area contributed by atoms with Gasteiger partial charge in [0.1, 0.15) is 0 Å². The molecule has 0 unspecified atom stereocenters. The Morgan fingerprint density at radius 2 is 1.46 bits per heavy atom. The summed E-state index contributed by atoms with van der Waals surface area (Å²) in [7, 11) is 0. The van der Waals surface area contributed by atoms with E-state index in [-0.39, 0.29) is 23.2 Å². The Hall–Kier alpha value is 0.353. The molecule has 2 nitrogen and oxygen atoms in total. The van der Waals surface area contributed by atoms with Gasteiger partial charge in [-0.05, 0) is 6.92 Å². The van der Waals surface area contributed by atoms with Crippen LogP contribution in [0.3, 0.4) is 0 Å². The SMILES string of the molecule is CC(=O)[O-].CCC[CH2][Bi+][CH2]CCC. The topological polar surface area (TPSA) is 40.1 Å². The van der Waals surface area contributed by atoms with Gasteiger partial charge in [-0.15, -0.1) is 0 Å². The second kappa shape index (κ2) is 14.9. The van der Waals surface area contributed by atoms with E-state index in [0.29, 0.717) is 0 Å². The van der Waals surface area contributed by atoms with E-state index >= 15 is 0 Å². The number of carboxylic acids is 1. The molecule has 0 aliphatic carbocycles. The Morgan fingerprint density at radius 3 is 1.69 bits per heavy atom. The average Bonchev–Trinajstić information content (AvgIpc) is 2.03. The maximum absolute atomic E-state index is 8.89. The maximum atomic E-state index is 8.89. The number of hydrogen-bond acceptors (Lipinski definition) is 2. The number of aliphatic carboxylic acids is 1. The predicted molar refractivity (Wildman–Crippen MR) is 55.9 cm³/mol. The number of rotatable bonds is 6. The molecule has 0 aromatic heterocycles. The molecule has 0 aliphatic heterocycles. The van der Waals surface area contributed by atoms with Crippen molar-refractivity contribution in [3.8, 4) is 0 Å². The van der Waals surface area contributed by atoms with Crippen molar-refractivity contribution in [2.45, 2.75) is 54.7 Å². The molecule has 13 heavy (non-hydrogen) atoms. The molecule has 78 valence electrons. The first-order valence-corrected chi connectivity index (χ1v) is 9.87. The summed E-state index contributed by atoms with van der Waals surface area (Å²) in [5, 5.41) is 8.89. The number of hydrogen-bond donors (Lipinski definition) is 0. The van der Waals surface area contributed by atoms with Crippen LogP contribution in [-0.4, -0.2) is 29.2 Å². The van der Waals surface area contributed by atoms with E-state index in [0.717, 1.165) is 6.92 Å². The molecule has 3 heteroatoms. The second-order valence-electron chi connectivity index (χ2n) is 2.87. The van der Waals surface area contributed by atoms with Crippen LogP contribution in [0.2, 0.25) is 8.26 Å². The van der Waals surface area contributed by atoms with Gasteiger partial charge >= 0.3 is 71.0 Å². The van der Waals surface area contributed by atoms with Crippen molar-refractivity contribution in [1.29, 1.82) is 0 Å². The van der Waals surface area contributed by atoms with Crippen molar-refractivity contribution in [3.05, 3.63) is 0 Å². The van der Waals surface area contributed by atoms with Crippen molar-refractivity contribution in [2.75, 3.05) is 0 Å². The summed E-state index contributed by atoms with van der Waals surface area (Å²) in [5.74, 6) is -1.08. The fraction of sp³-hybridized carbons (Fsp3) is 0.900. The third-order valence-electron chi connectivity index (χ3n) is 1.34. The third kappa shape index (κ3) is 32.8. The molecule has 0 aromatic rings. The van der Waals surface area contributed by atoms with Gasteiger partial charge in [-0.3, -0.25) is 0 Å². The quantitative estimate of drug-likeness (QED) is 0.520. The zero-order valence-corrected chi connectivity index (χ0v) is 12.5. The zero-order valence-electron chi connectivity index (χ0n) is 9.01. The van der Waals surface area contributed by atoms with Crippen LogP contribution in [-0.2, 0) is 4.79 Å². The van der Waals surface area contributed by atoms with E-state index in [1.165, 1.54) is 25.7 Å². The van der Waals surface area contributed by atoms with Crippen molar-refractivity contribution in [1.82, 2.24) is 0 Å². The summed E-state index contributed by atoms with van der Waals surface area (Å²) in [4.78, 5) is 8.89. The molecule has 0 amide bonds. The summed E-state index contributed by atoms with van der Waals surface area (Å²) >= 11 is 0.0681. The van der Waals surface area contributed by atoms with Crippen LogP contribution in [0.4, 0.5) is 0 Å². The van der Waals surface area contributed by atoms with Gasteiger partial charge in [0, 0.05) is 5.97 Å². The van der Waals surface area contributed by atoms with Crippen LogP contribution in [0.25, 0.3) is 0 Å². The van der Waals surface area contributed by atoms with Crippen LogP contribution < -0.4 is 5.11 Å². The van der Waals surface area contributed by atoms with Crippen LogP contribution in [0, 0.1) is 0 Å². The van der Waals surface area contributed by atoms with Gasteiger partial charge < -0.3 is 9.90 Å². The van der Waals surface area contributed by atoms with Gasteiger partial charge in [0.05, 0.1) is 0 Å². The predicted octanol–water partition coefficient (Wildman–Crippen LogP) is 1.88. The van der Waals surface area contributed by atoms with Crippen molar-refractivity contribution in [3.63, 3.8) is 0 Å². The molecule has 0 saturated heterocycles. The first-order chi connectivity index (χ1) is 6.15. The Morgan fingerprint density at radius 1 is 1.15 bits per heavy atom. The third-order valence-corrected chi connectivity index (χ3v) is 6.26. The monoisotopic (exact) mass is 382 g/mol. The van der Waals surface area contributed by atoms with E-state index < -0.39 is 5.97 Å². The normalized spacial score (nSPS) is 8.85. The standard InChI is InChI=1S/2C4H9.C2H4O2.Bi/c2*1-3-4-2;1-2(3)4;/h2*1,3-4H2,2H3;1H3,(H,3,4);/q;;;+1/p-1. The molecule has 0 atom stereocenters. The van der Waals surface area contributed by atoms with Gasteiger partial charge in [-0.25, -0.2) is 0 Å². The van der Waals surface area contributed by atoms with Crippen LogP contribution in [0.5, 0.6) is 0 Å². The number of carboxylic acid groups (broad SMARTS) is 1. The van der Waals surface area contributed by atoms with Crippen molar-refractivity contribution < 1.29 is 9.90 Å². The van der Waals surface area contributed by atoms with E-state index in [9.17, 15) is 0 Å². The molecule has 0 spiro atoms. The van der Waals surface area contributed by atoms with E-state index in [2.05, 4.69) is 13.8 Å². The summed E-state index contributed by atoms with van der Waals surface area (Å²) in [5.41, 5.74) is 0. The van der Waals surface area contributed by atoms with Gasteiger partial charge in [0.15, 0.2) is 0 Å². The van der Waals surface area contributed by atoms with Crippen molar-refractivity contribution >= 4 is 29.2 Å². The van der Waals surface area contributed by atoms with Crippen LogP contribution >= 0.6 is 0 Å². The van der Waals surface area contributed by atoms with E-state index in [1.54, 1.807) is 8.26 Å². The summed E-state index contributed by atoms with van der Waals surface area (Å²) in [6.07, 6.45) is 5.85. The Balaban J connectivity index is 0. The number of unbranched alkanes of at least 4 members (excludes halogenated alkanes) is 2. The molecule has 0 heterocycles. The second-order valence-corrected chi connectivity index (χ2v) is 8.09. The summed E-state index contributed by atoms with van der Waals surface area (Å²) < 4.78 is 3.27. The molecule has 0 saturated carbocycles. The molecule has 0 aliphatic rings. The van der Waals surface area contributed by atoms with Gasteiger partial charge in [0.2, 0.25) is 0 Å². The van der Waals surface area contributed by atoms with Gasteiger partial charge in [-0.1, -0.05) is 0 Å². The first-order valence-electron chi connectivity index (χ1n) is 4.95. The van der Waals surface area contributed by atoms with E-state index in [1.807, 2.05) is 0 Å². The molecular formula is C10H21BiO2.